The van der Waals surface area contributed by atoms with Crippen LogP contribution in [0.15, 0.2) is 35.5 Å². The van der Waals surface area contributed by atoms with Crippen molar-refractivity contribution in [3.63, 3.8) is 0 Å². The molecule has 1 aliphatic rings. The Morgan fingerprint density at radius 3 is 2.57 bits per heavy atom. The van der Waals surface area contributed by atoms with Gasteiger partial charge in [-0.2, -0.15) is 0 Å². The third-order valence-electron chi connectivity index (χ3n) is 2.46. The molecule has 1 N–H and O–H groups in total. The Hall–Kier alpha value is -1.15. The zero-order chi connectivity index (χ0) is 10.6. The highest BCUT2D eigenvalue weighted by Crippen LogP contribution is 2.20. The third-order valence-corrected chi connectivity index (χ3v) is 2.46. The molecule has 0 spiro atoms. The number of aliphatic hydroxyl groups excluding tert-OH is 1. The van der Waals surface area contributed by atoms with Gasteiger partial charge in [-0.1, -0.05) is 38.2 Å². The second-order valence-corrected chi connectivity index (χ2v) is 3.80. The van der Waals surface area contributed by atoms with Crippen LogP contribution in [0.3, 0.4) is 0 Å². The molecule has 0 bridgehead atoms. The molecule has 1 rings (SSSR count). The molecule has 0 amide bonds. The van der Waals surface area contributed by atoms with Crippen LogP contribution < -0.4 is 0 Å². The molecule has 0 radical (unpaired) electrons. The van der Waals surface area contributed by atoms with Crippen LogP contribution in [0, 0.1) is 11.8 Å². The van der Waals surface area contributed by atoms with Crippen LogP contribution in [0.2, 0.25) is 0 Å². The van der Waals surface area contributed by atoms with Gasteiger partial charge in [-0.15, -0.1) is 0 Å². The monoisotopic (exact) mass is 192 g/mol. The van der Waals surface area contributed by atoms with Crippen molar-refractivity contribution >= 4 is 6.29 Å². The molecule has 1 unspecified atom stereocenters. The van der Waals surface area contributed by atoms with Crippen LogP contribution in [-0.4, -0.2) is 18.0 Å². The van der Waals surface area contributed by atoms with Crippen molar-refractivity contribution in [1.29, 1.82) is 0 Å². The van der Waals surface area contributed by atoms with E-state index in [1.807, 2.05) is 18.2 Å². The van der Waals surface area contributed by atoms with Gasteiger partial charge in [0.25, 0.3) is 0 Å². The van der Waals surface area contributed by atoms with Gasteiger partial charge in [-0.3, -0.25) is 4.79 Å². The zero-order valence-corrected chi connectivity index (χ0v) is 8.60. The fraction of sp³-hybridized carbons (Fsp3) is 0.417. The molecule has 1 aliphatic carbocycles. The van der Waals surface area contributed by atoms with Gasteiger partial charge in [0.2, 0.25) is 0 Å². The lowest BCUT2D eigenvalue weighted by Gasteiger charge is -2.10. The normalized spacial score (nSPS) is 21.6. The summed E-state index contributed by atoms with van der Waals surface area (Å²) in [5, 5.41) is 9.04. The summed E-state index contributed by atoms with van der Waals surface area (Å²) in [6.07, 6.45) is 8.46. The number of carbonyl (C=O) groups excluding carboxylic acids is 1. The van der Waals surface area contributed by atoms with Gasteiger partial charge >= 0.3 is 0 Å². The summed E-state index contributed by atoms with van der Waals surface area (Å²) in [4.78, 5) is 10.7. The highest BCUT2D eigenvalue weighted by Gasteiger charge is 2.10. The highest BCUT2D eigenvalue weighted by atomic mass is 16.3. The third kappa shape index (κ3) is 2.42. The molecule has 0 aromatic heterocycles. The Labute approximate surface area is 84.6 Å². The number of aliphatic hydroxyl groups is 1. The van der Waals surface area contributed by atoms with Crippen molar-refractivity contribution in [3.8, 4) is 0 Å². The first kappa shape index (κ1) is 10.9. The van der Waals surface area contributed by atoms with Crippen molar-refractivity contribution in [2.45, 2.75) is 13.8 Å². The molecule has 0 aromatic rings. The van der Waals surface area contributed by atoms with E-state index in [1.165, 1.54) is 0 Å². The maximum atomic E-state index is 10.7. The molecule has 0 aromatic carbocycles. The predicted octanol–water partition coefficient (Wildman–Crippen LogP) is 1.87. The van der Waals surface area contributed by atoms with Crippen LogP contribution in [-0.2, 0) is 4.79 Å². The lowest BCUT2D eigenvalue weighted by atomic mass is 9.95. The van der Waals surface area contributed by atoms with E-state index >= 15 is 0 Å². The first-order chi connectivity index (χ1) is 6.69. The Bertz CT molecular complexity index is 295. The minimum atomic E-state index is -0.0836. The van der Waals surface area contributed by atoms with E-state index in [9.17, 15) is 4.79 Å². The van der Waals surface area contributed by atoms with E-state index in [2.05, 4.69) is 13.8 Å². The molecule has 0 saturated heterocycles. The smallest absolute Gasteiger partial charge is 0.150 e. The molecule has 2 nitrogen and oxygen atoms in total. The van der Waals surface area contributed by atoms with E-state index in [1.54, 1.807) is 6.08 Å². The standard InChI is InChI=1S/C12H16O2/c1-9(2)10-3-5-11(7-13)12(8-14)6-4-10/h3-7,9-10,14H,8H2,1-2H3. The van der Waals surface area contributed by atoms with Gasteiger partial charge in [0, 0.05) is 5.57 Å². The van der Waals surface area contributed by atoms with Gasteiger partial charge in [-0.25, -0.2) is 0 Å². The fourth-order valence-corrected chi connectivity index (χ4v) is 1.41. The summed E-state index contributed by atoms with van der Waals surface area (Å²) in [5.41, 5.74) is 1.27. The summed E-state index contributed by atoms with van der Waals surface area (Å²) >= 11 is 0. The van der Waals surface area contributed by atoms with Crippen molar-refractivity contribution in [2.24, 2.45) is 11.8 Å². The maximum Gasteiger partial charge on any atom is 0.150 e. The van der Waals surface area contributed by atoms with E-state index in [0.29, 0.717) is 23.0 Å². The Morgan fingerprint density at radius 2 is 2.07 bits per heavy atom. The first-order valence-corrected chi connectivity index (χ1v) is 4.84. The van der Waals surface area contributed by atoms with Crippen molar-refractivity contribution in [3.05, 3.63) is 35.5 Å². The molecule has 0 aliphatic heterocycles. The predicted molar refractivity (Wildman–Crippen MR) is 56.8 cm³/mol. The molecule has 2 heteroatoms. The van der Waals surface area contributed by atoms with Gasteiger partial charge < -0.3 is 5.11 Å². The van der Waals surface area contributed by atoms with Crippen LogP contribution in [0.25, 0.3) is 0 Å². The maximum absolute atomic E-state index is 10.7. The Kier molecular flexibility index (Phi) is 3.84. The number of rotatable bonds is 3. The Morgan fingerprint density at radius 1 is 1.43 bits per heavy atom. The van der Waals surface area contributed by atoms with E-state index in [-0.39, 0.29) is 6.61 Å². The summed E-state index contributed by atoms with van der Waals surface area (Å²) in [6.45, 7) is 4.17. The summed E-state index contributed by atoms with van der Waals surface area (Å²) < 4.78 is 0. The minimum absolute atomic E-state index is 0.0836. The first-order valence-electron chi connectivity index (χ1n) is 4.84. The second-order valence-electron chi connectivity index (χ2n) is 3.80. The van der Waals surface area contributed by atoms with Crippen molar-refractivity contribution in [1.82, 2.24) is 0 Å². The van der Waals surface area contributed by atoms with Crippen LogP contribution in [0.4, 0.5) is 0 Å². The molecule has 76 valence electrons. The zero-order valence-electron chi connectivity index (χ0n) is 8.60. The van der Waals surface area contributed by atoms with Gasteiger partial charge in [0.1, 0.15) is 6.29 Å². The molecule has 0 saturated carbocycles. The van der Waals surface area contributed by atoms with E-state index in [4.69, 9.17) is 5.11 Å². The van der Waals surface area contributed by atoms with Gasteiger partial charge in [0.05, 0.1) is 6.61 Å². The average molecular weight is 192 g/mol. The largest absolute Gasteiger partial charge is 0.392 e. The highest BCUT2D eigenvalue weighted by molar-refractivity contribution is 5.80. The van der Waals surface area contributed by atoms with Crippen LogP contribution in [0.1, 0.15) is 13.8 Å². The number of hydrogen-bond acceptors (Lipinski definition) is 2. The minimum Gasteiger partial charge on any atom is -0.392 e. The molecule has 14 heavy (non-hydrogen) atoms. The quantitative estimate of drug-likeness (QED) is 0.693. The molecule has 1 atom stereocenters. The Balaban J connectivity index is 2.95. The lowest BCUT2D eigenvalue weighted by Crippen LogP contribution is -2.00. The van der Waals surface area contributed by atoms with Crippen LogP contribution in [0.5, 0.6) is 0 Å². The molecule has 0 fully saturated rings. The average Bonchev–Trinajstić information content (AvgIpc) is 2.38. The van der Waals surface area contributed by atoms with Crippen LogP contribution >= 0.6 is 0 Å². The van der Waals surface area contributed by atoms with E-state index < -0.39 is 0 Å². The SMILES string of the molecule is CC(C)C1C=CC(C=O)=C(CO)C=C1. The van der Waals surface area contributed by atoms with Gasteiger partial charge in [0.15, 0.2) is 0 Å². The summed E-state index contributed by atoms with van der Waals surface area (Å²) in [6, 6.07) is 0. The molecule has 0 heterocycles. The van der Waals surface area contributed by atoms with Crippen molar-refractivity contribution < 1.29 is 9.90 Å². The topological polar surface area (TPSA) is 37.3 Å². The second kappa shape index (κ2) is 4.91. The lowest BCUT2D eigenvalue weighted by molar-refractivity contribution is -0.104. The van der Waals surface area contributed by atoms with Gasteiger partial charge in [-0.05, 0) is 17.4 Å². The number of carbonyl (C=O) groups is 1. The number of allylic oxidation sites excluding steroid dienone is 4. The molecular formula is C12H16O2. The van der Waals surface area contributed by atoms with Crippen molar-refractivity contribution in [2.75, 3.05) is 6.61 Å². The fourth-order valence-electron chi connectivity index (χ4n) is 1.41. The summed E-state index contributed by atoms with van der Waals surface area (Å²) in [5.74, 6) is 0.849. The van der Waals surface area contributed by atoms with E-state index in [0.717, 1.165) is 6.29 Å². The number of aldehydes is 1. The molecular weight excluding hydrogens is 176 g/mol. The summed E-state index contributed by atoms with van der Waals surface area (Å²) in [7, 11) is 0. The number of hydrogen-bond donors (Lipinski definition) is 1.